The molecule has 0 radical (unpaired) electrons. The lowest BCUT2D eigenvalue weighted by Crippen LogP contribution is -1.92. The van der Waals surface area contributed by atoms with Crippen molar-refractivity contribution in [2.45, 2.75) is 11.8 Å². The van der Waals surface area contributed by atoms with E-state index in [4.69, 9.17) is 0 Å². The first-order valence-electron chi connectivity index (χ1n) is 4.39. The molecular formula is C11H11NOS. The fraction of sp³-hybridized carbons (Fsp3) is 0.182. The Kier molecular flexibility index (Phi) is 2.33. The number of carbonyl (C=O) groups is 1. The van der Waals surface area contributed by atoms with Crippen molar-refractivity contribution < 1.29 is 4.79 Å². The summed E-state index contributed by atoms with van der Waals surface area (Å²) in [5.74, 6) is 0.116. The van der Waals surface area contributed by atoms with Gasteiger partial charge in [-0.15, -0.1) is 11.8 Å². The molecule has 1 heterocycles. The monoisotopic (exact) mass is 205 g/mol. The van der Waals surface area contributed by atoms with Gasteiger partial charge in [0.15, 0.2) is 5.78 Å². The largest absolute Gasteiger partial charge is 0.360 e. The van der Waals surface area contributed by atoms with E-state index in [1.807, 2.05) is 30.7 Å². The number of fused-ring (bicyclic) bond motifs is 1. The van der Waals surface area contributed by atoms with Crippen molar-refractivity contribution >= 4 is 28.4 Å². The van der Waals surface area contributed by atoms with Crippen LogP contribution in [0.5, 0.6) is 0 Å². The normalized spacial score (nSPS) is 10.7. The van der Waals surface area contributed by atoms with Crippen LogP contribution in [0.25, 0.3) is 10.9 Å². The molecule has 72 valence electrons. The van der Waals surface area contributed by atoms with Gasteiger partial charge in [-0.05, 0) is 19.2 Å². The summed E-state index contributed by atoms with van der Waals surface area (Å²) in [6.45, 7) is 1.60. The lowest BCUT2D eigenvalue weighted by molar-refractivity contribution is 0.101. The van der Waals surface area contributed by atoms with Crippen LogP contribution < -0.4 is 0 Å². The van der Waals surface area contributed by atoms with E-state index in [0.717, 1.165) is 21.4 Å². The number of nitrogens with one attached hydrogen (secondary N) is 1. The number of hydrogen-bond donors (Lipinski definition) is 1. The summed E-state index contributed by atoms with van der Waals surface area (Å²) >= 11 is 1.65. The number of hydrogen-bond acceptors (Lipinski definition) is 2. The highest BCUT2D eigenvalue weighted by molar-refractivity contribution is 7.98. The van der Waals surface area contributed by atoms with E-state index < -0.39 is 0 Å². The first-order valence-corrected chi connectivity index (χ1v) is 5.61. The molecule has 0 bridgehead atoms. The fourth-order valence-electron chi connectivity index (χ4n) is 1.61. The van der Waals surface area contributed by atoms with Gasteiger partial charge >= 0.3 is 0 Å². The molecule has 0 unspecified atom stereocenters. The van der Waals surface area contributed by atoms with Gasteiger partial charge in [-0.25, -0.2) is 0 Å². The van der Waals surface area contributed by atoms with E-state index in [9.17, 15) is 4.79 Å². The molecule has 2 aromatic rings. The Hall–Kier alpha value is -1.22. The third-order valence-electron chi connectivity index (χ3n) is 2.27. The molecule has 2 rings (SSSR count). The third-order valence-corrected chi connectivity index (χ3v) is 3.03. The Morgan fingerprint density at radius 2 is 2.21 bits per heavy atom. The number of benzene rings is 1. The fourth-order valence-corrected chi connectivity index (χ4v) is 2.21. The van der Waals surface area contributed by atoms with Gasteiger partial charge < -0.3 is 4.98 Å². The molecule has 0 aliphatic rings. The van der Waals surface area contributed by atoms with Crippen LogP contribution in [0, 0.1) is 0 Å². The van der Waals surface area contributed by atoms with Gasteiger partial charge in [0.05, 0.1) is 0 Å². The summed E-state index contributed by atoms with van der Waals surface area (Å²) in [4.78, 5) is 15.7. The molecule has 14 heavy (non-hydrogen) atoms. The van der Waals surface area contributed by atoms with Crippen LogP contribution in [0.3, 0.4) is 0 Å². The Bertz CT molecular complexity index is 487. The zero-order valence-electron chi connectivity index (χ0n) is 8.13. The highest BCUT2D eigenvalue weighted by Gasteiger charge is 2.10. The molecule has 2 nitrogen and oxygen atoms in total. The number of carbonyl (C=O) groups excluding carboxylic acids is 1. The van der Waals surface area contributed by atoms with E-state index in [1.54, 1.807) is 18.7 Å². The lowest BCUT2D eigenvalue weighted by Gasteiger charge is -2.00. The summed E-state index contributed by atoms with van der Waals surface area (Å²) in [6, 6.07) is 5.76. The number of aromatic amines is 1. The number of ketones is 1. The summed E-state index contributed by atoms with van der Waals surface area (Å²) in [6.07, 6.45) is 3.96. The smallest absolute Gasteiger partial charge is 0.160 e. The minimum atomic E-state index is 0.116. The number of rotatable bonds is 2. The van der Waals surface area contributed by atoms with Crippen molar-refractivity contribution in [3.8, 4) is 0 Å². The maximum atomic E-state index is 11.4. The summed E-state index contributed by atoms with van der Waals surface area (Å²) in [7, 11) is 0. The van der Waals surface area contributed by atoms with E-state index in [1.165, 1.54) is 0 Å². The van der Waals surface area contributed by atoms with Crippen LogP contribution in [0.4, 0.5) is 0 Å². The predicted octanol–water partition coefficient (Wildman–Crippen LogP) is 3.09. The second-order valence-corrected chi connectivity index (χ2v) is 3.99. The molecule has 0 aliphatic heterocycles. The van der Waals surface area contributed by atoms with Crippen LogP contribution in [0.15, 0.2) is 29.3 Å². The van der Waals surface area contributed by atoms with E-state index in [-0.39, 0.29) is 5.78 Å². The van der Waals surface area contributed by atoms with Crippen LogP contribution in [-0.2, 0) is 0 Å². The second kappa shape index (κ2) is 3.50. The zero-order valence-corrected chi connectivity index (χ0v) is 8.94. The van der Waals surface area contributed by atoms with Gasteiger partial charge in [0, 0.05) is 27.6 Å². The van der Waals surface area contributed by atoms with Gasteiger partial charge in [0.25, 0.3) is 0 Å². The van der Waals surface area contributed by atoms with Gasteiger partial charge in [-0.1, -0.05) is 12.1 Å². The van der Waals surface area contributed by atoms with Crippen LogP contribution in [-0.4, -0.2) is 17.0 Å². The van der Waals surface area contributed by atoms with Gasteiger partial charge in [-0.2, -0.15) is 0 Å². The zero-order chi connectivity index (χ0) is 10.1. The average molecular weight is 205 g/mol. The number of H-pyrrole nitrogens is 1. The van der Waals surface area contributed by atoms with Gasteiger partial charge in [0.1, 0.15) is 0 Å². The van der Waals surface area contributed by atoms with Gasteiger partial charge in [0.2, 0.25) is 0 Å². The maximum Gasteiger partial charge on any atom is 0.160 e. The minimum absolute atomic E-state index is 0.116. The molecule has 0 amide bonds. The highest BCUT2D eigenvalue weighted by atomic mass is 32.2. The molecule has 1 aromatic heterocycles. The standard InChI is InChI=1S/C11H11NOS/c1-7(13)8-4-3-5-9-11(8)10(14-2)6-12-9/h3-6,12H,1-2H3. The van der Waals surface area contributed by atoms with Crippen LogP contribution in [0.2, 0.25) is 0 Å². The van der Waals surface area contributed by atoms with Crippen LogP contribution in [0.1, 0.15) is 17.3 Å². The summed E-state index contributed by atoms with van der Waals surface area (Å²) in [5, 5.41) is 1.05. The lowest BCUT2D eigenvalue weighted by atomic mass is 10.1. The van der Waals surface area contributed by atoms with E-state index >= 15 is 0 Å². The molecular weight excluding hydrogens is 194 g/mol. The third kappa shape index (κ3) is 1.34. The molecule has 0 aliphatic carbocycles. The van der Waals surface area contributed by atoms with Crippen molar-refractivity contribution in [3.05, 3.63) is 30.0 Å². The molecule has 0 spiro atoms. The Morgan fingerprint density at radius 3 is 2.86 bits per heavy atom. The van der Waals surface area contributed by atoms with Crippen molar-refractivity contribution in [1.29, 1.82) is 0 Å². The molecule has 3 heteroatoms. The topological polar surface area (TPSA) is 32.9 Å². The Labute approximate surface area is 86.7 Å². The summed E-state index contributed by atoms with van der Waals surface area (Å²) in [5.41, 5.74) is 1.83. The predicted molar refractivity (Wildman–Crippen MR) is 60.1 cm³/mol. The van der Waals surface area contributed by atoms with Crippen molar-refractivity contribution in [3.63, 3.8) is 0 Å². The van der Waals surface area contributed by atoms with Crippen LogP contribution >= 0.6 is 11.8 Å². The molecule has 0 fully saturated rings. The van der Waals surface area contributed by atoms with Crippen molar-refractivity contribution in [2.75, 3.05) is 6.26 Å². The molecule has 0 saturated heterocycles. The molecule has 1 aromatic carbocycles. The Balaban J connectivity index is 2.81. The highest BCUT2D eigenvalue weighted by Crippen LogP contribution is 2.29. The number of aromatic nitrogens is 1. The first kappa shape index (κ1) is 9.34. The SMILES string of the molecule is CSc1c[nH]c2cccc(C(C)=O)c12. The van der Waals surface area contributed by atoms with E-state index in [2.05, 4.69) is 4.98 Å². The quantitative estimate of drug-likeness (QED) is 0.603. The van der Waals surface area contributed by atoms with Crippen molar-refractivity contribution in [2.24, 2.45) is 0 Å². The maximum absolute atomic E-state index is 11.4. The molecule has 0 saturated carbocycles. The number of Topliss-reactive ketones (excluding diaryl/α,β-unsaturated/α-hetero) is 1. The average Bonchev–Trinajstić information content (AvgIpc) is 2.59. The van der Waals surface area contributed by atoms with Gasteiger partial charge in [-0.3, -0.25) is 4.79 Å². The molecule has 0 atom stereocenters. The minimum Gasteiger partial charge on any atom is -0.360 e. The summed E-state index contributed by atoms with van der Waals surface area (Å²) < 4.78 is 0. The van der Waals surface area contributed by atoms with E-state index in [0.29, 0.717) is 0 Å². The number of thioether (sulfide) groups is 1. The second-order valence-electron chi connectivity index (χ2n) is 3.14. The Morgan fingerprint density at radius 1 is 1.43 bits per heavy atom. The van der Waals surface area contributed by atoms with Crippen molar-refractivity contribution in [1.82, 2.24) is 4.98 Å². The molecule has 1 N–H and O–H groups in total. The first-order chi connectivity index (χ1) is 6.74.